The molecule has 6 nitrogen and oxygen atoms in total. The summed E-state index contributed by atoms with van der Waals surface area (Å²) in [5, 5.41) is 11.0. The maximum atomic E-state index is 13.5. The third-order valence-corrected chi connectivity index (χ3v) is 5.58. The van der Waals surface area contributed by atoms with E-state index in [9.17, 15) is 9.18 Å². The molecule has 0 radical (unpaired) electrons. The maximum Gasteiger partial charge on any atom is 0.252 e. The number of carbonyl (C=O) groups excluding carboxylic acids is 1. The van der Waals surface area contributed by atoms with Crippen LogP contribution in [0.25, 0.3) is 33.5 Å². The number of H-pyrrole nitrogens is 1. The number of aromatic nitrogens is 3. The van der Waals surface area contributed by atoms with E-state index in [-0.39, 0.29) is 11.7 Å². The average Bonchev–Trinajstić information content (AvgIpc) is 3.32. The number of pyridine rings is 1. The highest BCUT2D eigenvalue weighted by Gasteiger charge is 2.20. The predicted molar refractivity (Wildman–Crippen MR) is 129 cm³/mol. The van der Waals surface area contributed by atoms with Crippen LogP contribution in [-0.2, 0) is 6.54 Å². The lowest BCUT2D eigenvalue weighted by Gasteiger charge is -2.10. The molecule has 2 heterocycles. The van der Waals surface area contributed by atoms with Gasteiger partial charge in [0.15, 0.2) is 5.65 Å². The van der Waals surface area contributed by atoms with Crippen LogP contribution in [-0.4, -0.2) is 28.2 Å². The maximum absolute atomic E-state index is 13.5. The molecule has 3 aromatic carbocycles. The van der Waals surface area contributed by atoms with Crippen molar-refractivity contribution in [1.82, 2.24) is 20.5 Å². The Bertz CT molecular complexity index is 1450. The molecule has 0 fully saturated rings. The first-order valence-corrected chi connectivity index (χ1v) is 10.7. The SMILES string of the molecule is COc1ccc(CNC(=O)c2cc(-c3ccc(F)cc3)nc3n[nH]c(-c4ccccc4)c23)cc1. The fourth-order valence-electron chi connectivity index (χ4n) is 3.81. The molecule has 7 heteroatoms. The van der Waals surface area contributed by atoms with Crippen LogP contribution in [0.2, 0.25) is 0 Å². The quantitative estimate of drug-likeness (QED) is 0.363. The summed E-state index contributed by atoms with van der Waals surface area (Å²) >= 11 is 0. The van der Waals surface area contributed by atoms with Crippen LogP contribution in [0.5, 0.6) is 5.75 Å². The van der Waals surface area contributed by atoms with E-state index in [0.717, 1.165) is 16.9 Å². The zero-order valence-electron chi connectivity index (χ0n) is 18.4. The topological polar surface area (TPSA) is 79.9 Å². The first-order valence-electron chi connectivity index (χ1n) is 10.7. The Hall–Kier alpha value is -4.52. The molecule has 0 unspecified atom stereocenters. The van der Waals surface area contributed by atoms with Crippen LogP contribution >= 0.6 is 0 Å². The molecule has 0 aliphatic rings. The second-order valence-corrected chi connectivity index (χ2v) is 7.76. The zero-order chi connectivity index (χ0) is 23.5. The van der Waals surface area contributed by atoms with Gasteiger partial charge in [-0.3, -0.25) is 9.89 Å². The number of rotatable bonds is 6. The molecule has 0 saturated heterocycles. The Morgan fingerprint density at radius 3 is 2.41 bits per heavy atom. The Morgan fingerprint density at radius 1 is 0.971 bits per heavy atom. The van der Waals surface area contributed by atoms with Gasteiger partial charge in [-0.1, -0.05) is 42.5 Å². The molecule has 0 bridgehead atoms. The molecular weight excluding hydrogens is 431 g/mol. The van der Waals surface area contributed by atoms with Crippen molar-refractivity contribution in [3.63, 3.8) is 0 Å². The standard InChI is InChI=1S/C27H21FN4O2/c1-34-21-13-7-17(8-14-21)16-29-27(33)22-15-23(18-9-11-20(28)12-10-18)30-26-24(22)25(31-32-26)19-5-3-2-4-6-19/h2-15H,16H2,1H3,(H,29,33)(H,30,31,32). The zero-order valence-corrected chi connectivity index (χ0v) is 18.4. The van der Waals surface area contributed by atoms with Gasteiger partial charge in [0.25, 0.3) is 5.91 Å². The minimum absolute atomic E-state index is 0.259. The lowest BCUT2D eigenvalue weighted by atomic mass is 10.0. The number of ether oxygens (including phenoxy) is 1. The van der Waals surface area contributed by atoms with Crippen LogP contribution in [0.4, 0.5) is 4.39 Å². The Morgan fingerprint density at radius 2 is 1.71 bits per heavy atom. The molecule has 0 aliphatic heterocycles. The molecule has 0 aliphatic carbocycles. The summed E-state index contributed by atoms with van der Waals surface area (Å²) in [6.07, 6.45) is 0. The predicted octanol–water partition coefficient (Wildman–Crippen LogP) is 5.37. The second-order valence-electron chi connectivity index (χ2n) is 7.76. The lowest BCUT2D eigenvalue weighted by molar-refractivity contribution is 0.0952. The van der Waals surface area contributed by atoms with Gasteiger partial charge in [0.2, 0.25) is 0 Å². The highest BCUT2D eigenvalue weighted by molar-refractivity contribution is 6.10. The van der Waals surface area contributed by atoms with Gasteiger partial charge in [-0.15, -0.1) is 0 Å². The van der Waals surface area contributed by atoms with E-state index in [1.54, 1.807) is 25.3 Å². The van der Waals surface area contributed by atoms with Crippen LogP contribution < -0.4 is 10.1 Å². The fraction of sp³-hybridized carbons (Fsp3) is 0.0741. The average molecular weight is 452 g/mol. The van der Waals surface area contributed by atoms with Gasteiger partial charge in [-0.25, -0.2) is 9.37 Å². The molecular formula is C27H21FN4O2. The number of hydrogen-bond acceptors (Lipinski definition) is 4. The van der Waals surface area contributed by atoms with Gasteiger partial charge in [0.05, 0.1) is 29.4 Å². The number of nitrogens with one attached hydrogen (secondary N) is 2. The van der Waals surface area contributed by atoms with Crippen LogP contribution in [0.15, 0.2) is 84.9 Å². The van der Waals surface area contributed by atoms with Crippen molar-refractivity contribution in [3.8, 4) is 28.3 Å². The van der Waals surface area contributed by atoms with Gasteiger partial charge >= 0.3 is 0 Å². The van der Waals surface area contributed by atoms with Gasteiger partial charge in [0, 0.05) is 17.7 Å². The third kappa shape index (κ3) is 4.23. The molecule has 1 amide bonds. The van der Waals surface area contributed by atoms with Gasteiger partial charge < -0.3 is 10.1 Å². The first-order chi connectivity index (χ1) is 16.6. The summed E-state index contributed by atoms with van der Waals surface area (Å²) in [5.74, 6) is 0.152. The van der Waals surface area contributed by atoms with Crippen molar-refractivity contribution in [2.24, 2.45) is 0 Å². The molecule has 0 atom stereocenters. The summed E-state index contributed by atoms with van der Waals surface area (Å²) in [6, 6.07) is 24.9. The number of carbonyl (C=O) groups is 1. The van der Waals surface area contributed by atoms with E-state index in [4.69, 9.17) is 4.74 Å². The molecule has 34 heavy (non-hydrogen) atoms. The minimum atomic E-state index is -0.339. The highest BCUT2D eigenvalue weighted by Crippen LogP contribution is 2.31. The van der Waals surface area contributed by atoms with Gasteiger partial charge in [-0.05, 0) is 48.0 Å². The third-order valence-electron chi connectivity index (χ3n) is 5.58. The van der Waals surface area contributed by atoms with E-state index >= 15 is 0 Å². The summed E-state index contributed by atoms with van der Waals surface area (Å²) < 4.78 is 18.6. The second kappa shape index (κ2) is 9.15. The van der Waals surface area contributed by atoms with E-state index in [1.165, 1.54) is 12.1 Å². The molecule has 0 saturated carbocycles. The van der Waals surface area contributed by atoms with E-state index < -0.39 is 0 Å². The molecule has 5 aromatic rings. The van der Waals surface area contributed by atoms with Gasteiger partial charge in [0.1, 0.15) is 11.6 Å². The van der Waals surface area contributed by atoms with Crippen molar-refractivity contribution in [2.75, 3.05) is 7.11 Å². The minimum Gasteiger partial charge on any atom is -0.497 e. The normalized spacial score (nSPS) is 10.9. The van der Waals surface area contributed by atoms with Crippen molar-refractivity contribution in [2.45, 2.75) is 6.54 Å². The number of methoxy groups -OCH3 is 1. The monoisotopic (exact) mass is 452 g/mol. The summed E-state index contributed by atoms with van der Waals surface area (Å²) in [4.78, 5) is 18.1. The molecule has 5 rings (SSSR count). The smallest absolute Gasteiger partial charge is 0.252 e. The first kappa shape index (κ1) is 21.3. The highest BCUT2D eigenvalue weighted by atomic mass is 19.1. The van der Waals surface area contributed by atoms with Crippen molar-refractivity contribution in [1.29, 1.82) is 0 Å². The number of halogens is 1. The van der Waals surface area contributed by atoms with Crippen molar-refractivity contribution >= 4 is 16.9 Å². The van der Waals surface area contributed by atoms with E-state index in [0.29, 0.717) is 40.1 Å². The number of aromatic amines is 1. The summed E-state index contributed by atoms with van der Waals surface area (Å²) in [6.45, 7) is 0.344. The molecule has 168 valence electrons. The van der Waals surface area contributed by atoms with Crippen LogP contribution in [0.1, 0.15) is 15.9 Å². The Labute approximate surface area is 195 Å². The van der Waals surface area contributed by atoms with E-state index in [2.05, 4.69) is 20.5 Å². The van der Waals surface area contributed by atoms with Crippen LogP contribution in [0, 0.1) is 5.82 Å². The fourth-order valence-corrected chi connectivity index (χ4v) is 3.81. The lowest BCUT2D eigenvalue weighted by Crippen LogP contribution is -2.23. The number of nitrogens with zero attached hydrogens (tertiary/aromatic N) is 2. The molecule has 2 N–H and O–H groups in total. The number of fused-ring (bicyclic) bond motifs is 1. The largest absolute Gasteiger partial charge is 0.497 e. The Balaban J connectivity index is 1.56. The van der Waals surface area contributed by atoms with Crippen molar-refractivity contribution < 1.29 is 13.9 Å². The van der Waals surface area contributed by atoms with Crippen molar-refractivity contribution in [3.05, 3.63) is 102 Å². The Kier molecular flexibility index (Phi) is 5.74. The number of amides is 1. The van der Waals surface area contributed by atoms with E-state index in [1.807, 2.05) is 54.6 Å². The number of benzene rings is 3. The number of hydrogen-bond donors (Lipinski definition) is 2. The summed E-state index contributed by atoms with van der Waals surface area (Å²) in [5.41, 5.74) is 4.62. The molecule has 2 aromatic heterocycles. The molecule has 0 spiro atoms. The summed E-state index contributed by atoms with van der Waals surface area (Å²) in [7, 11) is 1.61. The van der Waals surface area contributed by atoms with Crippen LogP contribution in [0.3, 0.4) is 0 Å². The van der Waals surface area contributed by atoms with Gasteiger partial charge in [-0.2, -0.15) is 5.10 Å².